The van der Waals surface area contributed by atoms with Crippen LogP contribution < -0.4 is 10.1 Å². The van der Waals surface area contributed by atoms with E-state index in [4.69, 9.17) is 4.74 Å². The van der Waals surface area contributed by atoms with Gasteiger partial charge >= 0.3 is 0 Å². The second-order valence-corrected chi connectivity index (χ2v) is 5.55. The van der Waals surface area contributed by atoms with Crippen molar-refractivity contribution in [3.05, 3.63) is 57.8 Å². The first-order valence-electron chi connectivity index (χ1n) is 6.72. The van der Waals surface area contributed by atoms with Crippen LogP contribution in [0.5, 0.6) is 5.75 Å². The molecule has 4 heteroatoms. The van der Waals surface area contributed by atoms with E-state index in [0.29, 0.717) is 6.61 Å². The topological polar surface area (TPSA) is 34.1 Å². The molecule has 0 saturated carbocycles. The minimum Gasteiger partial charge on any atom is -0.487 e. The van der Waals surface area contributed by atoms with Gasteiger partial charge in [0.2, 0.25) is 0 Å². The summed E-state index contributed by atoms with van der Waals surface area (Å²) in [6.07, 6.45) is 1.90. The third-order valence-electron chi connectivity index (χ3n) is 2.99. The maximum absolute atomic E-state index is 5.82. The fourth-order valence-electron chi connectivity index (χ4n) is 1.80. The Balaban J connectivity index is 1.95. The first-order valence-corrected chi connectivity index (χ1v) is 7.52. The van der Waals surface area contributed by atoms with Crippen LogP contribution >= 0.6 is 15.9 Å². The highest BCUT2D eigenvalue weighted by Gasteiger charge is 2.02. The van der Waals surface area contributed by atoms with Crippen LogP contribution in [0, 0.1) is 6.92 Å². The molecule has 20 heavy (non-hydrogen) atoms. The van der Waals surface area contributed by atoms with E-state index in [1.54, 1.807) is 0 Å². The van der Waals surface area contributed by atoms with E-state index < -0.39 is 0 Å². The molecule has 1 heterocycles. The van der Waals surface area contributed by atoms with Gasteiger partial charge in [0.25, 0.3) is 0 Å². The highest BCUT2D eigenvalue weighted by atomic mass is 79.9. The number of nitrogens with zero attached hydrogens (tertiary/aromatic N) is 1. The van der Waals surface area contributed by atoms with Gasteiger partial charge in [0.15, 0.2) is 0 Å². The van der Waals surface area contributed by atoms with Gasteiger partial charge in [-0.25, -0.2) is 0 Å². The zero-order valence-electron chi connectivity index (χ0n) is 11.8. The first kappa shape index (κ1) is 15.0. The van der Waals surface area contributed by atoms with Gasteiger partial charge in [0, 0.05) is 17.2 Å². The monoisotopic (exact) mass is 334 g/mol. The summed E-state index contributed by atoms with van der Waals surface area (Å²) in [6.45, 7) is 6.44. The number of hydrogen-bond donors (Lipinski definition) is 1. The fraction of sp³-hybridized carbons (Fsp3) is 0.312. The summed E-state index contributed by atoms with van der Waals surface area (Å²) in [5.74, 6) is 0.887. The SMILES string of the molecule is CCNCc1ccc(COc2cc(Br)ccc2C)nc1. The summed E-state index contributed by atoms with van der Waals surface area (Å²) in [4.78, 5) is 4.42. The van der Waals surface area contributed by atoms with Crippen LogP contribution in [0.15, 0.2) is 41.0 Å². The number of nitrogens with one attached hydrogen (secondary N) is 1. The quantitative estimate of drug-likeness (QED) is 0.871. The predicted molar refractivity (Wildman–Crippen MR) is 84.8 cm³/mol. The van der Waals surface area contributed by atoms with Crippen molar-refractivity contribution >= 4 is 15.9 Å². The van der Waals surface area contributed by atoms with Gasteiger partial charge in [-0.15, -0.1) is 0 Å². The maximum Gasteiger partial charge on any atom is 0.130 e. The molecule has 0 atom stereocenters. The number of aryl methyl sites for hydroxylation is 1. The van der Waals surface area contributed by atoms with Gasteiger partial charge in [-0.05, 0) is 42.8 Å². The molecular formula is C16H19BrN2O. The smallest absolute Gasteiger partial charge is 0.130 e. The minimum absolute atomic E-state index is 0.485. The van der Waals surface area contributed by atoms with E-state index in [2.05, 4.69) is 39.2 Å². The molecule has 0 amide bonds. The molecule has 0 aliphatic carbocycles. The van der Waals surface area contributed by atoms with E-state index >= 15 is 0 Å². The van der Waals surface area contributed by atoms with Crippen molar-refractivity contribution in [2.24, 2.45) is 0 Å². The Labute approximate surface area is 128 Å². The lowest BCUT2D eigenvalue weighted by Gasteiger charge is -2.09. The molecule has 1 aromatic heterocycles. The Kier molecular flexibility index (Phi) is 5.56. The molecule has 0 saturated heterocycles. The Morgan fingerprint density at radius 1 is 1.25 bits per heavy atom. The number of aromatic nitrogens is 1. The van der Waals surface area contributed by atoms with E-state index in [-0.39, 0.29) is 0 Å². The Morgan fingerprint density at radius 3 is 2.80 bits per heavy atom. The third kappa shape index (κ3) is 4.32. The molecule has 3 nitrogen and oxygen atoms in total. The Morgan fingerprint density at radius 2 is 2.10 bits per heavy atom. The number of pyridine rings is 1. The molecule has 0 aliphatic heterocycles. The van der Waals surface area contributed by atoms with E-state index in [0.717, 1.165) is 34.6 Å². The van der Waals surface area contributed by atoms with Crippen molar-refractivity contribution in [3.8, 4) is 5.75 Å². The molecule has 1 aromatic carbocycles. The van der Waals surface area contributed by atoms with Gasteiger partial charge in [-0.1, -0.05) is 35.0 Å². The van der Waals surface area contributed by atoms with Gasteiger partial charge < -0.3 is 10.1 Å². The van der Waals surface area contributed by atoms with Crippen LogP contribution in [0.2, 0.25) is 0 Å². The molecule has 0 fully saturated rings. The van der Waals surface area contributed by atoms with Crippen LogP contribution in [0.4, 0.5) is 0 Å². The highest BCUT2D eigenvalue weighted by molar-refractivity contribution is 9.10. The van der Waals surface area contributed by atoms with Crippen LogP contribution in [0.3, 0.4) is 0 Å². The molecular weight excluding hydrogens is 316 g/mol. The van der Waals surface area contributed by atoms with Crippen LogP contribution in [0.1, 0.15) is 23.7 Å². The Hall–Kier alpha value is -1.39. The van der Waals surface area contributed by atoms with Gasteiger partial charge in [0.1, 0.15) is 12.4 Å². The summed E-state index contributed by atoms with van der Waals surface area (Å²) in [5, 5.41) is 3.28. The van der Waals surface area contributed by atoms with Crippen LogP contribution in [-0.4, -0.2) is 11.5 Å². The molecule has 1 N–H and O–H groups in total. The van der Waals surface area contributed by atoms with Gasteiger partial charge in [-0.2, -0.15) is 0 Å². The molecule has 2 aromatic rings. The number of ether oxygens (including phenoxy) is 1. The van der Waals surface area contributed by atoms with Crippen molar-refractivity contribution in [3.63, 3.8) is 0 Å². The van der Waals surface area contributed by atoms with Crippen LogP contribution in [-0.2, 0) is 13.2 Å². The zero-order chi connectivity index (χ0) is 14.4. The molecule has 0 bridgehead atoms. The van der Waals surface area contributed by atoms with E-state index in [9.17, 15) is 0 Å². The summed E-state index contributed by atoms with van der Waals surface area (Å²) < 4.78 is 6.84. The molecule has 0 radical (unpaired) electrons. The van der Waals surface area contributed by atoms with Gasteiger partial charge in [0.05, 0.1) is 5.69 Å². The number of halogens is 1. The third-order valence-corrected chi connectivity index (χ3v) is 3.48. The molecule has 0 unspecified atom stereocenters. The summed E-state index contributed by atoms with van der Waals surface area (Å²) >= 11 is 3.45. The average molecular weight is 335 g/mol. The standard InChI is InChI=1S/C16H19BrN2O/c1-3-18-9-13-5-7-15(19-10-13)11-20-16-8-14(17)6-4-12(16)2/h4-8,10,18H,3,9,11H2,1-2H3. The van der Waals surface area contributed by atoms with Crippen molar-refractivity contribution in [2.75, 3.05) is 6.54 Å². The summed E-state index contributed by atoms with van der Waals surface area (Å²) in [6, 6.07) is 10.1. The van der Waals surface area contributed by atoms with Crippen molar-refractivity contribution in [1.29, 1.82) is 0 Å². The number of rotatable bonds is 6. The van der Waals surface area contributed by atoms with E-state index in [1.807, 2.05) is 37.4 Å². The second kappa shape index (κ2) is 7.41. The minimum atomic E-state index is 0.485. The van der Waals surface area contributed by atoms with E-state index in [1.165, 1.54) is 5.56 Å². The first-order chi connectivity index (χ1) is 9.69. The lowest BCUT2D eigenvalue weighted by Crippen LogP contribution is -2.12. The Bertz CT molecular complexity index is 555. The lowest BCUT2D eigenvalue weighted by atomic mass is 10.2. The summed E-state index contributed by atoms with van der Waals surface area (Å²) in [5.41, 5.74) is 3.25. The molecule has 0 aliphatic rings. The van der Waals surface area contributed by atoms with Crippen LogP contribution in [0.25, 0.3) is 0 Å². The van der Waals surface area contributed by atoms with Crippen molar-refractivity contribution in [2.45, 2.75) is 27.0 Å². The zero-order valence-corrected chi connectivity index (χ0v) is 13.4. The van der Waals surface area contributed by atoms with Gasteiger partial charge in [-0.3, -0.25) is 4.98 Å². The normalized spacial score (nSPS) is 10.6. The predicted octanol–water partition coefficient (Wildman–Crippen LogP) is 3.84. The summed E-state index contributed by atoms with van der Waals surface area (Å²) in [7, 11) is 0. The second-order valence-electron chi connectivity index (χ2n) is 4.64. The lowest BCUT2D eigenvalue weighted by molar-refractivity contribution is 0.299. The molecule has 2 rings (SSSR count). The number of benzene rings is 1. The van der Waals surface area contributed by atoms with Crippen molar-refractivity contribution in [1.82, 2.24) is 10.3 Å². The highest BCUT2D eigenvalue weighted by Crippen LogP contribution is 2.23. The maximum atomic E-state index is 5.82. The number of hydrogen-bond acceptors (Lipinski definition) is 3. The van der Waals surface area contributed by atoms with Crippen molar-refractivity contribution < 1.29 is 4.74 Å². The molecule has 0 spiro atoms. The molecule has 106 valence electrons. The largest absolute Gasteiger partial charge is 0.487 e. The fourth-order valence-corrected chi connectivity index (χ4v) is 2.14. The average Bonchev–Trinajstić information content (AvgIpc) is 2.47.